The molecule has 1 aliphatic carbocycles. The molecule has 27 heavy (non-hydrogen) atoms. The minimum atomic E-state index is -0.0836. The molecule has 2 heterocycles. The quantitative estimate of drug-likeness (QED) is 0.849. The van der Waals surface area contributed by atoms with E-state index in [0.717, 1.165) is 29.8 Å². The number of carbonyl (C=O) groups excluding carboxylic acids is 2. The van der Waals surface area contributed by atoms with Crippen LogP contribution in [0.2, 0.25) is 0 Å². The summed E-state index contributed by atoms with van der Waals surface area (Å²) < 4.78 is 5.37. The van der Waals surface area contributed by atoms with E-state index in [-0.39, 0.29) is 23.7 Å². The van der Waals surface area contributed by atoms with Crippen molar-refractivity contribution in [3.8, 4) is 17.0 Å². The van der Waals surface area contributed by atoms with Gasteiger partial charge in [0.2, 0.25) is 11.8 Å². The van der Waals surface area contributed by atoms with Gasteiger partial charge in [0.15, 0.2) is 5.82 Å². The minimum Gasteiger partial charge on any atom is -0.496 e. The van der Waals surface area contributed by atoms with Gasteiger partial charge in [-0.2, -0.15) is 5.10 Å². The second-order valence-corrected chi connectivity index (χ2v) is 7.23. The highest BCUT2D eigenvalue weighted by atomic mass is 16.5. The van der Waals surface area contributed by atoms with Crippen LogP contribution in [0.5, 0.6) is 5.75 Å². The second kappa shape index (κ2) is 7.42. The number of rotatable bonds is 5. The lowest BCUT2D eigenvalue weighted by atomic mass is 9.95. The number of benzene rings is 1. The van der Waals surface area contributed by atoms with Crippen molar-refractivity contribution in [3.05, 3.63) is 30.3 Å². The number of hydrogen-bond donors (Lipinski definition) is 2. The fraction of sp³-hybridized carbons (Fsp3) is 0.450. The molecule has 1 saturated carbocycles. The van der Waals surface area contributed by atoms with Crippen LogP contribution in [-0.2, 0) is 9.59 Å². The number of piperidine rings is 1. The Morgan fingerprint density at radius 3 is 2.59 bits per heavy atom. The van der Waals surface area contributed by atoms with Gasteiger partial charge >= 0.3 is 0 Å². The number of nitrogens with one attached hydrogen (secondary N) is 2. The lowest BCUT2D eigenvalue weighted by Crippen LogP contribution is -2.42. The summed E-state index contributed by atoms with van der Waals surface area (Å²) in [6, 6.07) is 9.45. The molecule has 2 amide bonds. The molecule has 1 aromatic carbocycles. The van der Waals surface area contributed by atoms with Crippen LogP contribution in [0.25, 0.3) is 11.3 Å². The predicted octanol–water partition coefficient (Wildman–Crippen LogP) is 2.67. The summed E-state index contributed by atoms with van der Waals surface area (Å²) in [5, 5.41) is 10.0. The van der Waals surface area contributed by atoms with Gasteiger partial charge in [-0.05, 0) is 37.8 Å². The van der Waals surface area contributed by atoms with E-state index >= 15 is 0 Å². The average Bonchev–Trinajstić information content (AvgIpc) is 3.46. The van der Waals surface area contributed by atoms with Crippen molar-refractivity contribution in [2.45, 2.75) is 25.7 Å². The van der Waals surface area contributed by atoms with E-state index in [1.807, 2.05) is 35.2 Å². The fourth-order valence-electron chi connectivity index (χ4n) is 3.57. The summed E-state index contributed by atoms with van der Waals surface area (Å²) in [5.74, 6) is 1.63. The largest absolute Gasteiger partial charge is 0.496 e. The summed E-state index contributed by atoms with van der Waals surface area (Å²) in [7, 11) is 1.62. The van der Waals surface area contributed by atoms with Crippen LogP contribution in [0.15, 0.2) is 30.3 Å². The predicted molar refractivity (Wildman–Crippen MR) is 101 cm³/mol. The molecule has 2 N–H and O–H groups in total. The first-order valence-corrected chi connectivity index (χ1v) is 9.44. The van der Waals surface area contributed by atoms with E-state index in [9.17, 15) is 9.59 Å². The molecule has 0 radical (unpaired) electrons. The Balaban J connectivity index is 1.35. The van der Waals surface area contributed by atoms with E-state index < -0.39 is 0 Å². The lowest BCUT2D eigenvalue weighted by Gasteiger charge is -2.31. The highest BCUT2D eigenvalue weighted by Gasteiger charge is 2.36. The number of aromatic amines is 1. The number of hydrogen-bond acceptors (Lipinski definition) is 4. The maximum absolute atomic E-state index is 12.6. The number of H-pyrrole nitrogens is 1. The van der Waals surface area contributed by atoms with E-state index in [2.05, 4.69) is 15.5 Å². The summed E-state index contributed by atoms with van der Waals surface area (Å²) in [4.78, 5) is 26.6. The number of nitrogens with zero attached hydrogens (tertiary/aromatic N) is 2. The smallest absolute Gasteiger partial charge is 0.228 e. The van der Waals surface area contributed by atoms with Crippen LogP contribution in [0.4, 0.5) is 5.82 Å². The number of para-hydroxylation sites is 1. The fourth-order valence-corrected chi connectivity index (χ4v) is 3.57. The Morgan fingerprint density at radius 2 is 1.89 bits per heavy atom. The summed E-state index contributed by atoms with van der Waals surface area (Å²) in [6.07, 6.45) is 3.45. The third-order valence-electron chi connectivity index (χ3n) is 5.33. The zero-order chi connectivity index (χ0) is 18.8. The van der Waals surface area contributed by atoms with Crippen LogP contribution in [0.3, 0.4) is 0 Å². The highest BCUT2D eigenvalue weighted by molar-refractivity contribution is 5.92. The molecule has 2 fully saturated rings. The number of anilines is 1. The van der Waals surface area contributed by atoms with Crippen molar-refractivity contribution >= 4 is 17.6 Å². The number of aromatic nitrogens is 2. The monoisotopic (exact) mass is 368 g/mol. The molecule has 0 bridgehead atoms. The molecule has 2 aliphatic rings. The maximum atomic E-state index is 12.6. The van der Waals surface area contributed by atoms with Crippen molar-refractivity contribution in [3.63, 3.8) is 0 Å². The van der Waals surface area contributed by atoms with Crippen LogP contribution in [-0.4, -0.2) is 47.1 Å². The molecule has 1 aliphatic heterocycles. The maximum Gasteiger partial charge on any atom is 0.228 e. The van der Waals surface area contributed by atoms with Gasteiger partial charge in [-0.15, -0.1) is 0 Å². The number of carbonyl (C=O) groups is 2. The minimum absolute atomic E-state index is 0.0356. The van der Waals surface area contributed by atoms with Crippen molar-refractivity contribution < 1.29 is 14.3 Å². The SMILES string of the molecule is COc1ccccc1-c1cc(NC(=O)C2CCN(C(=O)C3CC3)CC2)n[nH]1. The molecule has 7 heteroatoms. The number of amides is 2. The zero-order valence-corrected chi connectivity index (χ0v) is 15.4. The Labute approximate surface area is 158 Å². The van der Waals surface area contributed by atoms with Crippen LogP contribution < -0.4 is 10.1 Å². The normalized spacial score (nSPS) is 17.6. The first kappa shape index (κ1) is 17.6. The number of ether oxygens (including phenoxy) is 1. The summed E-state index contributed by atoms with van der Waals surface area (Å²) >= 11 is 0. The van der Waals surface area contributed by atoms with E-state index in [4.69, 9.17) is 4.74 Å². The zero-order valence-electron chi connectivity index (χ0n) is 15.4. The Kier molecular flexibility index (Phi) is 4.83. The van der Waals surface area contributed by atoms with Crippen LogP contribution in [0.1, 0.15) is 25.7 Å². The molecule has 142 valence electrons. The molecule has 0 spiro atoms. The molecule has 0 atom stereocenters. The van der Waals surface area contributed by atoms with E-state index in [1.165, 1.54) is 0 Å². The average molecular weight is 368 g/mol. The lowest BCUT2D eigenvalue weighted by molar-refractivity contribution is -0.135. The molecule has 1 aromatic heterocycles. The standard InChI is InChI=1S/C20H24N4O3/c1-27-17-5-3-2-4-15(17)16-12-18(23-22-16)21-19(25)13-8-10-24(11-9-13)20(26)14-6-7-14/h2-5,12-14H,6-11H2,1H3,(H2,21,22,23,25). The topological polar surface area (TPSA) is 87.3 Å². The highest BCUT2D eigenvalue weighted by Crippen LogP contribution is 2.33. The summed E-state index contributed by atoms with van der Waals surface area (Å²) in [5.41, 5.74) is 1.67. The van der Waals surface area contributed by atoms with Crippen molar-refractivity contribution in [2.75, 3.05) is 25.5 Å². The Hall–Kier alpha value is -2.83. The third-order valence-corrected chi connectivity index (χ3v) is 5.33. The molecule has 1 saturated heterocycles. The van der Waals surface area contributed by atoms with Gasteiger partial charge in [-0.25, -0.2) is 0 Å². The molecular weight excluding hydrogens is 344 g/mol. The molecule has 7 nitrogen and oxygen atoms in total. The first-order chi connectivity index (χ1) is 13.2. The van der Waals surface area contributed by atoms with Crippen LogP contribution in [0, 0.1) is 11.8 Å². The molecule has 0 unspecified atom stereocenters. The van der Waals surface area contributed by atoms with E-state index in [1.54, 1.807) is 7.11 Å². The van der Waals surface area contributed by atoms with Crippen molar-refractivity contribution in [2.24, 2.45) is 11.8 Å². The van der Waals surface area contributed by atoms with Gasteiger partial charge < -0.3 is 15.0 Å². The Bertz CT molecular complexity index is 835. The van der Waals surface area contributed by atoms with Crippen LogP contribution >= 0.6 is 0 Å². The molecule has 4 rings (SSSR count). The van der Waals surface area contributed by atoms with Gasteiger partial charge in [-0.1, -0.05) is 12.1 Å². The van der Waals surface area contributed by atoms with E-state index in [0.29, 0.717) is 31.7 Å². The third kappa shape index (κ3) is 3.82. The Morgan fingerprint density at radius 1 is 1.15 bits per heavy atom. The summed E-state index contributed by atoms with van der Waals surface area (Å²) in [6.45, 7) is 1.33. The molecule has 2 aromatic rings. The molecular formula is C20H24N4O3. The first-order valence-electron chi connectivity index (χ1n) is 9.44. The number of likely N-dealkylation sites (tertiary alicyclic amines) is 1. The van der Waals surface area contributed by atoms with Gasteiger partial charge in [-0.3, -0.25) is 14.7 Å². The van der Waals surface area contributed by atoms with Gasteiger partial charge in [0.1, 0.15) is 5.75 Å². The van der Waals surface area contributed by atoms with Crippen molar-refractivity contribution in [1.29, 1.82) is 0 Å². The second-order valence-electron chi connectivity index (χ2n) is 7.23. The van der Waals surface area contributed by atoms with Gasteiger partial charge in [0.05, 0.1) is 12.8 Å². The van der Waals surface area contributed by atoms with Gasteiger partial charge in [0, 0.05) is 36.6 Å². The number of methoxy groups -OCH3 is 1. The van der Waals surface area contributed by atoms with Crippen molar-refractivity contribution in [1.82, 2.24) is 15.1 Å². The van der Waals surface area contributed by atoms with Gasteiger partial charge in [0.25, 0.3) is 0 Å².